The van der Waals surface area contributed by atoms with Crippen molar-refractivity contribution in [3.63, 3.8) is 0 Å². The summed E-state index contributed by atoms with van der Waals surface area (Å²) in [6.45, 7) is 1.74. The van der Waals surface area contributed by atoms with Gasteiger partial charge in [-0.3, -0.25) is 24.7 Å². The third-order valence-electron chi connectivity index (χ3n) is 8.13. The number of carbonyl (C=O) groups excluding carboxylic acids is 2. The molecule has 10 heteroatoms. The zero-order chi connectivity index (χ0) is 28.6. The van der Waals surface area contributed by atoms with E-state index in [1.54, 1.807) is 27.2 Å². The van der Waals surface area contributed by atoms with Gasteiger partial charge in [0.2, 0.25) is 0 Å². The minimum absolute atomic E-state index is 0.170. The van der Waals surface area contributed by atoms with E-state index in [-0.39, 0.29) is 34.9 Å². The molecule has 3 unspecified atom stereocenters. The van der Waals surface area contributed by atoms with Crippen LogP contribution < -0.4 is 9.47 Å². The van der Waals surface area contributed by atoms with E-state index in [1.807, 2.05) is 12.1 Å². The van der Waals surface area contributed by atoms with Crippen molar-refractivity contribution < 1.29 is 28.7 Å². The lowest BCUT2D eigenvalue weighted by Gasteiger charge is -2.37. The average molecular weight is 567 g/mol. The number of nitro groups is 1. The van der Waals surface area contributed by atoms with Crippen molar-refractivity contribution in [2.75, 3.05) is 14.2 Å². The molecular weight excluding hydrogens is 536 g/mol. The smallest absolute Gasteiger partial charge is 0.315 e. The molecule has 0 saturated heterocycles. The van der Waals surface area contributed by atoms with E-state index >= 15 is 0 Å². The van der Waals surface area contributed by atoms with E-state index in [9.17, 15) is 19.7 Å². The van der Waals surface area contributed by atoms with Crippen LogP contribution in [0.4, 0.5) is 5.69 Å². The van der Waals surface area contributed by atoms with Gasteiger partial charge in [0.15, 0.2) is 17.3 Å². The van der Waals surface area contributed by atoms with Crippen LogP contribution >= 0.6 is 11.6 Å². The molecule has 5 rings (SSSR count). The number of Topliss-reactive ketones (excluding diaryl/α,β-unsaturated/α-hetero) is 1. The Morgan fingerprint density at radius 2 is 1.77 bits per heavy atom. The molecule has 0 spiro atoms. The second kappa shape index (κ2) is 11.4. The van der Waals surface area contributed by atoms with Gasteiger partial charge in [-0.05, 0) is 74.3 Å². The highest BCUT2D eigenvalue weighted by Crippen LogP contribution is 2.49. The van der Waals surface area contributed by atoms with Gasteiger partial charge in [0, 0.05) is 46.5 Å². The van der Waals surface area contributed by atoms with Gasteiger partial charge < -0.3 is 14.2 Å². The van der Waals surface area contributed by atoms with E-state index < -0.39 is 22.7 Å². The van der Waals surface area contributed by atoms with E-state index in [0.717, 1.165) is 31.2 Å². The summed E-state index contributed by atoms with van der Waals surface area (Å²) >= 11 is 6.61. The Morgan fingerprint density at radius 3 is 2.45 bits per heavy atom. The molecule has 210 valence electrons. The molecule has 0 aromatic heterocycles. The summed E-state index contributed by atoms with van der Waals surface area (Å²) < 4.78 is 16.7. The van der Waals surface area contributed by atoms with Gasteiger partial charge >= 0.3 is 5.97 Å². The first-order chi connectivity index (χ1) is 19.2. The zero-order valence-electron chi connectivity index (χ0n) is 22.6. The monoisotopic (exact) mass is 566 g/mol. The van der Waals surface area contributed by atoms with Crippen LogP contribution in [0.5, 0.6) is 11.5 Å². The summed E-state index contributed by atoms with van der Waals surface area (Å²) in [4.78, 5) is 43.5. The minimum atomic E-state index is -0.916. The minimum Gasteiger partial charge on any atom is -0.493 e. The predicted octanol–water partition coefficient (Wildman–Crippen LogP) is 6.33. The largest absolute Gasteiger partial charge is 0.493 e. The third kappa shape index (κ3) is 5.22. The van der Waals surface area contributed by atoms with Crippen molar-refractivity contribution in [3.8, 4) is 11.5 Å². The number of nitrogens with zero attached hydrogens (tertiary/aromatic N) is 2. The van der Waals surface area contributed by atoms with Crippen LogP contribution in [0.25, 0.3) is 0 Å². The van der Waals surface area contributed by atoms with Crippen LogP contribution in [0, 0.1) is 16.0 Å². The Hall–Kier alpha value is -3.72. The number of ketones is 1. The second-order valence-corrected chi connectivity index (χ2v) is 10.9. The molecule has 0 radical (unpaired) electrons. The zero-order valence-corrected chi connectivity index (χ0v) is 23.4. The van der Waals surface area contributed by atoms with Crippen molar-refractivity contribution in [3.05, 3.63) is 73.9 Å². The molecule has 1 heterocycles. The van der Waals surface area contributed by atoms with Crippen LogP contribution in [-0.4, -0.2) is 42.7 Å². The lowest BCUT2D eigenvalue weighted by atomic mass is 9.69. The van der Waals surface area contributed by atoms with Gasteiger partial charge in [-0.15, -0.1) is 0 Å². The second-order valence-electron chi connectivity index (χ2n) is 10.5. The maximum absolute atomic E-state index is 13.9. The molecule has 3 aliphatic rings. The number of carbonyl (C=O) groups is 2. The number of hydrogen-bond donors (Lipinski definition) is 0. The van der Waals surface area contributed by atoms with Crippen molar-refractivity contribution >= 4 is 34.8 Å². The summed E-state index contributed by atoms with van der Waals surface area (Å²) in [5, 5.41) is 11.9. The summed E-state index contributed by atoms with van der Waals surface area (Å²) in [5.41, 5.74) is 2.51. The maximum atomic E-state index is 13.9. The molecule has 0 N–H and O–H groups in total. The Labute approximate surface area is 237 Å². The predicted molar refractivity (Wildman–Crippen MR) is 149 cm³/mol. The molecule has 0 amide bonds. The Kier molecular flexibility index (Phi) is 7.94. The average Bonchev–Trinajstić information content (AvgIpc) is 3.44. The highest BCUT2D eigenvalue weighted by Gasteiger charge is 2.46. The number of benzene rings is 2. The first kappa shape index (κ1) is 27.8. The fraction of sp³-hybridized carbons (Fsp3) is 0.433. The number of methoxy groups -OCH3 is 2. The van der Waals surface area contributed by atoms with Crippen molar-refractivity contribution in [1.82, 2.24) is 0 Å². The number of rotatable bonds is 7. The molecule has 9 nitrogen and oxygen atoms in total. The summed E-state index contributed by atoms with van der Waals surface area (Å²) in [6.07, 6.45) is 3.99. The molecular formula is C30H31ClN2O7. The molecule has 2 aromatic carbocycles. The number of allylic oxidation sites excluding steroid dienone is 2. The molecule has 1 saturated carbocycles. The number of halogens is 1. The normalized spacial score (nSPS) is 22.9. The SMILES string of the molecule is COc1ccc(C2CC(=O)C3=C(C2)N=C(C)C(C(=O)OC2CCCC2)C3c2cc([N+](=O)[O-])ccc2Cl)cc1OC. The van der Waals surface area contributed by atoms with Gasteiger partial charge in [-0.1, -0.05) is 17.7 Å². The van der Waals surface area contributed by atoms with Crippen LogP contribution in [0.3, 0.4) is 0 Å². The van der Waals surface area contributed by atoms with Gasteiger partial charge in [0.05, 0.1) is 19.1 Å². The number of hydrogen-bond acceptors (Lipinski definition) is 8. The fourth-order valence-electron chi connectivity index (χ4n) is 6.17. The summed E-state index contributed by atoms with van der Waals surface area (Å²) in [6, 6.07) is 9.68. The lowest BCUT2D eigenvalue weighted by Crippen LogP contribution is -2.39. The number of aliphatic imine (C=N–C) groups is 1. The van der Waals surface area contributed by atoms with Gasteiger partial charge in [0.1, 0.15) is 12.0 Å². The highest BCUT2D eigenvalue weighted by atomic mass is 35.5. The van der Waals surface area contributed by atoms with E-state index in [2.05, 4.69) is 0 Å². The summed E-state index contributed by atoms with van der Waals surface area (Å²) in [5.74, 6) is -1.44. The van der Waals surface area contributed by atoms with E-state index in [0.29, 0.717) is 40.5 Å². The van der Waals surface area contributed by atoms with E-state index in [1.165, 1.54) is 18.2 Å². The van der Waals surface area contributed by atoms with Gasteiger partial charge in [-0.2, -0.15) is 0 Å². The highest BCUT2D eigenvalue weighted by molar-refractivity contribution is 6.31. The first-order valence-corrected chi connectivity index (χ1v) is 13.8. The van der Waals surface area contributed by atoms with Crippen molar-refractivity contribution in [2.24, 2.45) is 10.9 Å². The molecule has 0 bridgehead atoms. The molecule has 1 aliphatic heterocycles. The standard InChI is InChI=1S/C30H31ClN2O7/c1-16-27(30(35)40-20-6-4-5-7-20)28(21-15-19(33(36)37)9-10-22(21)31)29-23(32-16)12-18(13-24(29)34)17-8-11-25(38-2)26(14-17)39-3/h8-11,14-15,18,20,27-28H,4-7,12-13H2,1-3H3. The fourth-order valence-corrected chi connectivity index (χ4v) is 6.41. The van der Waals surface area contributed by atoms with Crippen LogP contribution in [0.1, 0.15) is 68.4 Å². The number of nitro benzene ring substituents is 1. The Balaban J connectivity index is 1.58. The van der Waals surface area contributed by atoms with Gasteiger partial charge in [-0.25, -0.2) is 0 Å². The Bertz CT molecular complexity index is 1430. The van der Waals surface area contributed by atoms with Crippen molar-refractivity contribution in [2.45, 2.75) is 63.4 Å². The van der Waals surface area contributed by atoms with Crippen LogP contribution in [-0.2, 0) is 14.3 Å². The van der Waals surface area contributed by atoms with E-state index in [4.69, 9.17) is 30.8 Å². The third-order valence-corrected chi connectivity index (χ3v) is 8.48. The summed E-state index contributed by atoms with van der Waals surface area (Å²) in [7, 11) is 3.12. The molecule has 3 atom stereocenters. The van der Waals surface area contributed by atoms with Crippen molar-refractivity contribution in [1.29, 1.82) is 0 Å². The van der Waals surface area contributed by atoms with Crippen LogP contribution in [0.2, 0.25) is 5.02 Å². The molecule has 40 heavy (non-hydrogen) atoms. The topological polar surface area (TPSA) is 117 Å². The maximum Gasteiger partial charge on any atom is 0.315 e. The van der Waals surface area contributed by atoms with Gasteiger partial charge in [0.25, 0.3) is 5.69 Å². The number of non-ortho nitro benzene ring substituents is 1. The molecule has 1 fully saturated rings. The quantitative estimate of drug-likeness (QED) is 0.218. The number of ether oxygens (including phenoxy) is 3. The number of esters is 1. The lowest BCUT2D eigenvalue weighted by molar-refractivity contribution is -0.384. The first-order valence-electron chi connectivity index (χ1n) is 13.4. The van der Waals surface area contributed by atoms with Crippen LogP contribution in [0.15, 0.2) is 52.7 Å². The Morgan fingerprint density at radius 1 is 1.05 bits per heavy atom. The molecule has 2 aliphatic carbocycles. The molecule has 2 aromatic rings.